The molecule has 1 amide bonds. The fourth-order valence-electron chi connectivity index (χ4n) is 2.05. The van der Waals surface area contributed by atoms with E-state index < -0.39 is 17.7 Å². The number of carbonyl (C=O) groups excluding carboxylic acids is 2. The number of nitrogens with one attached hydrogen (secondary N) is 1. The molecule has 106 valence electrons. The highest BCUT2D eigenvalue weighted by atomic mass is 19.1. The molecule has 1 aromatic rings. The van der Waals surface area contributed by atoms with Crippen molar-refractivity contribution in [1.29, 1.82) is 0 Å². The van der Waals surface area contributed by atoms with Gasteiger partial charge in [0.1, 0.15) is 5.82 Å². The highest BCUT2D eigenvalue weighted by Crippen LogP contribution is 2.20. The van der Waals surface area contributed by atoms with Gasteiger partial charge < -0.3 is 10.1 Å². The molecular formula is C15H16FNO3. The highest BCUT2D eigenvalue weighted by Gasteiger charge is 2.16. The molecule has 0 spiro atoms. The fraction of sp³-hybridized carbons (Fsp3) is 0.333. The van der Waals surface area contributed by atoms with Crippen LogP contribution in [0.3, 0.4) is 0 Å². The Morgan fingerprint density at radius 1 is 1.40 bits per heavy atom. The molecule has 0 saturated heterocycles. The standard InChI is InChI=1S/C15H16FNO3/c16-12-6-3-7-13(9-12)17-14(18)10-20-15(19)8-11-4-1-2-5-11/h1,3-4,6-7,9,11H,2,5,8,10H2,(H,17,18)/t11-/m0/s1. The van der Waals surface area contributed by atoms with Crippen LogP contribution in [-0.2, 0) is 14.3 Å². The Kier molecular flexibility index (Phi) is 4.87. The number of amides is 1. The first kappa shape index (κ1) is 14.2. The molecule has 0 aliphatic heterocycles. The minimum atomic E-state index is -0.481. The number of carbonyl (C=O) groups is 2. The monoisotopic (exact) mass is 277 g/mol. The number of esters is 1. The van der Waals surface area contributed by atoms with Gasteiger partial charge in [-0.05, 0) is 37.0 Å². The van der Waals surface area contributed by atoms with Crippen LogP contribution in [0.15, 0.2) is 36.4 Å². The summed E-state index contributed by atoms with van der Waals surface area (Å²) in [6.07, 6.45) is 6.26. The van der Waals surface area contributed by atoms with E-state index >= 15 is 0 Å². The molecule has 0 unspecified atom stereocenters. The van der Waals surface area contributed by atoms with E-state index in [0.717, 1.165) is 12.8 Å². The number of hydrogen-bond acceptors (Lipinski definition) is 3. The van der Waals surface area contributed by atoms with Gasteiger partial charge in [-0.15, -0.1) is 0 Å². The molecule has 20 heavy (non-hydrogen) atoms. The minimum absolute atomic E-state index is 0.216. The molecule has 2 rings (SSSR count). The first-order valence-electron chi connectivity index (χ1n) is 6.51. The topological polar surface area (TPSA) is 55.4 Å². The maximum atomic E-state index is 12.9. The van der Waals surface area contributed by atoms with Crippen LogP contribution in [0.2, 0.25) is 0 Å². The van der Waals surface area contributed by atoms with Gasteiger partial charge >= 0.3 is 5.97 Å². The van der Waals surface area contributed by atoms with E-state index in [0.29, 0.717) is 12.1 Å². The first-order chi connectivity index (χ1) is 9.63. The molecular weight excluding hydrogens is 261 g/mol. The number of rotatable bonds is 5. The summed E-state index contributed by atoms with van der Waals surface area (Å²) in [4.78, 5) is 23.1. The van der Waals surface area contributed by atoms with Gasteiger partial charge in [-0.2, -0.15) is 0 Å². The summed E-state index contributed by atoms with van der Waals surface area (Å²) >= 11 is 0. The fourth-order valence-corrected chi connectivity index (χ4v) is 2.05. The zero-order valence-corrected chi connectivity index (χ0v) is 11.0. The third kappa shape index (κ3) is 4.50. The Bertz CT molecular complexity index is 528. The summed E-state index contributed by atoms with van der Waals surface area (Å²) in [6, 6.07) is 5.53. The summed E-state index contributed by atoms with van der Waals surface area (Å²) in [7, 11) is 0. The second kappa shape index (κ2) is 6.84. The van der Waals surface area contributed by atoms with E-state index in [4.69, 9.17) is 4.74 Å². The Labute approximate surface area is 116 Å². The number of hydrogen-bond donors (Lipinski definition) is 1. The lowest BCUT2D eigenvalue weighted by molar-refractivity contribution is -0.147. The van der Waals surface area contributed by atoms with Crippen molar-refractivity contribution < 1.29 is 18.7 Å². The molecule has 1 atom stereocenters. The minimum Gasteiger partial charge on any atom is -0.456 e. The van der Waals surface area contributed by atoms with E-state index in [2.05, 4.69) is 5.32 Å². The van der Waals surface area contributed by atoms with Crippen molar-refractivity contribution >= 4 is 17.6 Å². The predicted molar refractivity (Wildman–Crippen MR) is 72.5 cm³/mol. The average molecular weight is 277 g/mol. The average Bonchev–Trinajstić information content (AvgIpc) is 2.89. The largest absolute Gasteiger partial charge is 0.456 e. The Hall–Kier alpha value is -2.17. The van der Waals surface area contributed by atoms with Gasteiger partial charge in [0.25, 0.3) is 5.91 Å². The predicted octanol–water partition coefficient (Wildman–Crippen LogP) is 2.66. The number of ether oxygens (including phenoxy) is 1. The van der Waals surface area contributed by atoms with Crippen molar-refractivity contribution in [2.24, 2.45) is 5.92 Å². The molecule has 1 aliphatic carbocycles. The molecule has 1 aromatic carbocycles. The van der Waals surface area contributed by atoms with Crippen molar-refractivity contribution in [3.05, 3.63) is 42.2 Å². The third-order valence-electron chi connectivity index (χ3n) is 3.01. The molecule has 1 aliphatic rings. The van der Waals surface area contributed by atoms with Gasteiger partial charge in [0.15, 0.2) is 6.61 Å². The van der Waals surface area contributed by atoms with E-state index in [9.17, 15) is 14.0 Å². The maximum absolute atomic E-state index is 12.9. The molecule has 0 aromatic heterocycles. The van der Waals surface area contributed by atoms with Crippen molar-refractivity contribution in [2.75, 3.05) is 11.9 Å². The lowest BCUT2D eigenvalue weighted by Gasteiger charge is -2.08. The molecule has 0 fully saturated rings. The molecule has 5 heteroatoms. The van der Waals surface area contributed by atoms with Gasteiger partial charge in [-0.25, -0.2) is 4.39 Å². The van der Waals surface area contributed by atoms with Crippen molar-refractivity contribution in [2.45, 2.75) is 19.3 Å². The maximum Gasteiger partial charge on any atom is 0.306 e. The molecule has 0 heterocycles. The van der Waals surface area contributed by atoms with Gasteiger partial charge in [-0.1, -0.05) is 18.2 Å². The van der Waals surface area contributed by atoms with Crippen LogP contribution in [0.4, 0.5) is 10.1 Å². The van der Waals surface area contributed by atoms with Crippen LogP contribution in [0.1, 0.15) is 19.3 Å². The van der Waals surface area contributed by atoms with Crippen molar-refractivity contribution in [3.8, 4) is 0 Å². The molecule has 0 radical (unpaired) electrons. The van der Waals surface area contributed by atoms with Crippen molar-refractivity contribution in [3.63, 3.8) is 0 Å². The number of anilines is 1. The van der Waals surface area contributed by atoms with Gasteiger partial charge in [-0.3, -0.25) is 9.59 Å². The molecule has 0 bridgehead atoms. The highest BCUT2D eigenvalue weighted by molar-refractivity contribution is 5.92. The lowest BCUT2D eigenvalue weighted by atomic mass is 10.1. The zero-order valence-electron chi connectivity index (χ0n) is 11.0. The van der Waals surface area contributed by atoms with Crippen LogP contribution in [0, 0.1) is 11.7 Å². The smallest absolute Gasteiger partial charge is 0.306 e. The Balaban J connectivity index is 1.71. The Morgan fingerprint density at radius 3 is 2.95 bits per heavy atom. The molecule has 1 N–H and O–H groups in total. The number of benzene rings is 1. The quantitative estimate of drug-likeness (QED) is 0.665. The Morgan fingerprint density at radius 2 is 2.25 bits per heavy atom. The normalized spacial score (nSPS) is 16.9. The summed E-state index contributed by atoms with van der Waals surface area (Å²) in [5, 5.41) is 2.46. The summed E-state index contributed by atoms with van der Waals surface area (Å²) in [6.45, 7) is -0.355. The lowest BCUT2D eigenvalue weighted by Crippen LogP contribution is -2.21. The second-order valence-electron chi connectivity index (χ2n) is 4.69. The van der Waals surface area contributed by atoms with E-state index in [-0.39, 0.29) is 12.5 Å². The molecule has 0 saturated carbocycles. The summed E-state index contributed by atoms with van der Waals surface area (Å²) in [5.74, 6) is -1.09. The van der Waals surface area contributed by atoms with Crippen LogP contribution in [0.5, 0.6) is 0 Å². The van der Waals surface area contributed by atoms with E-state index in [1.54, 1.807) is 6.07 Å². The van der Waals surface area contributed by atoms with Gasteiger partial charge in [0.05, 0.1) is 6.42 Å². The third-order valence-corrected chi connectivity index (χ3v) is 3.01. The summed E-state index contributed by atoms with van der Waals surface area (Å²) < 4.78 is 17.8. The van der Waals surface area contributed by atoms with Gasteiger partial charge in [0, 0.05) is 5.69 Å². The SMILES string of the molecule is O=C(COC(=O)C[C@H]1C=CCC1)Nc1cccc(F)c1. The van der Waals surface area contributed by atoms with Crippen LogP contribution < -0.4 is 5.32 Å². The second-order valence-corrected chi connectivity index (χ2v) is 4.69. The van der Waals surface area contributed by atoms with Crippen LogP contribution >= 0.6 is 0 Å². The van der Waals surface area contributed by atoms with Gasteiger partial charge in [0.2, 0.25) is 0 Å². The molecule has 4 nitrogen and oxygen atoms in total. The zero-order chi connectivity index (χ0) is 14.4. The van der Waals surface area contributed by atoms with Crippen LogP contribution in [0.25, 0.3) is 0 Å². The first-order valence-corrected chi connectivity index (χ1v) is 6.51. The summed E-state index contributed by atoms with van der Waals surface area (Å²) in [5.41, 5.74) is 0.338. The van der Waals surface area contributed by atoms with E-state index in [1.165, 1.54) is 18.2 Å². The van der Waals surface area contributed by atoms with E-state index in [1.807, 2.05) is 12.2 Å². The van der Waals surface area contributed by atoms with Crippen LogP contribution in [-0.4, -0.2) is 18.5 Å². The number of halogens is 1. The van der Waals surface area contributed by atoms with Crippen molar-refractivity contribution in [1.82, 2.24) is 0 Å². The number of allylic oxidation sites excluding steroid dienone is 2.